The van der Waals surface area contributed by atoms with E-state index in [4.69, 9.17) is 9.47 Å². The van der Waals surface area contributed by atoms with Gasteiger partial charge in [0.25, 0.3) is 0 Å². The Labute approximate surface area is 172 Å². The first kappa shape index (κ1) is 22.3. The van der Waals surface area contributed by atoms with Crippen LogP contribution in [0, 0.1) is 0 Å². The maximum atomic E-state index is 13.0. The third kappa shape index (κ3) is 5.99. The summed E-state index contributed by atoms with van der Waals surface area (Å²) in [4.78, 5) is 13.0. The molecule has 156 valence electrons. The van der Waals surface area contributed by atoms with Crippen LogP contribution >= 0.6 is 0 Å². The number of sulfonamides is 1. The van der Waals surface area contributed by atoms with Crippen molar-refractivity contribution in [2.45, 2.75) is 19.4 Å². The van der Waals surface area contributed by atoms with Crippen LogP contribution in [0.3, 0.4) is 0 Å². The van der Waals surface area contributed by atoms with Crippen LogP contribution in [0.25, 0.3) is 0 Å². The molecule has 2 aromatic rings. The highest BCUT2D eigenvalue weighted by Crippen LogP contribution is 2.27. The van der Waals surface area contributed by atoms with E-state index in [0.717, 1.165) is 10.6 Å². The molecule has 0 aliphatic carbocycles. The Balaban J connectivity index is 2.32. The first-order chi connectivity index (χ1) is 13.8. The predicted molar refractivity (Wildman–Crippen MR) is 115 cm³/mol. The third-order valence-corrected chi connectivity index (χ3v) is 5.29. The minimum Gasteiger partial charge on any atom is -0.497 e. The highest BCUT2D eigenvalue weighted by Gasteiger charge is 2.31. The molecule has 2 rings (SSSR count). The monoisotopic (exact) mass is 418 g/mol. The Kier molecular flexibility index (Phi) is 7.67. The number of ether oxygens (including phenoxy) is 2. The number of rotatable bonds is 10. The number of amides is 1. The molecule has 0 saturated heterocycles. The molecule has 0 spiro atoms. The van der Waals surface area contributed by atoms with Gasteiger partial charge in [-0.2, -0.15) is 0 Å². The quantitative estimate of drug-likeness (QED) is 0.598. The van der Waals surface area contributed by atoms with E-state index in [0.29, 0.717) is 29.5 Å². The Morgan fingerprint density at radius 3 is 2.52 bits per heavy atom. The number of carbonyl (C=O) groups excluding carboxylic acids is 1. The second kappa shape index (κ2) is 9.97. The lowest BCUT2D eigenvalue weighted by atomic mass is 10.1. The van der Waals surface area contributed by atoms with Crippen molar-refractivity contribution in [3.05, 3.63) is 61.2 Å². The van der Waals surface area contributed by atoms with Gasteiger partial charge < -0.3 is 14.8 Å². The third-order valence-electron chi connectivity index (χ3n) is 4.11. The van der Waals surface area contributed by atoms with Gasteiger partial charge in [0, 0.05) is 17.8 Å². The van der Waals surface area contributed by atoms with Gasteiger partial charge in [-0.25, -0.2) is 8.42 Å². The molecule has 0 heterocycles. The lowest BCUT2D eigenvalue weighted by Crippen LogP contribution is -2.47. The van der Waals surface area contributed by atoms with Gasteiger partial charge in [0.2, 0.25) is 15.9 Å². The number of nitrogens with zero attached hydrogens (tertiary/aromatic N) is 1. The molecule has 1 N–H and O–H groups in total. The van der Waals surface area contributed by atoms with Crippen molar-refractivity contribution in [2.24, 2.45) is 0 Å². The summed E-state index contributed by atoms with van der Waals surface area (Å²) in [7, 11) is -2.24. The molecule has 0 bridgehead atoms. The van der Waals surface area contributed by atoms with Crippen molar-refractivity contribution in [1.82, 2.24) is 0 Å². The molecule has 0 unspecified atom stereocenters. The SMILES string of the molecule is C=CCOc1cccc(NC(=O)[C@H](CC)N(c2cccc(OC)c2)S(C)(=O)=O)c1. The summed E-state index contributed by atoms with van der Waals surface area (Å²) < 4.78 is 36.8. The maximum Gasteiger partial charge on any atom is 0.248 e. The van der Waals surface area contributed by atoms with E-state index in [1.54, 1.807) is 61.5 Å². The maximum absolute atomic E-state index is 13.0. The zero-order chi connectivity index (χ0) is 21.4. The molecular weight excluding hydrogens is 392 g/mol. The van der Waals surface area contributed by atoms with Crippen molar-refractivity contribution < 1.29 is 22.7 Å². The zero-order valence-corrected chi connectivity index (χ0v) is 17.6. The minimum absolute atomic E-state index is 0.281. The molecule has 0 radical (unpaired) electrons. The van der Waals surface area contributed by atoms with Crippen molar-refractivity contribution >= 4 is 27.3 Å². The number of nitrogens with one attached hydrogen (secondary N) is 1. The van der Waals surface area contributed by atoms with E-state index in [9.17, 15) is 13.2 Å². The summed E-state index contributed by atoms with van der Waals surface area (Å²) in [5, 5.41) is 2.78. The normalized spacial score (nSPS) is 12.0. The van der Waals surface area contributed by atoms with Gasteiger partial charge in [-0.15, -0.1) is 0 Å². The van der Waals surface area contributed by atoms with Gasteiger partial charge in [-0.1, -0.05) is 31.7 Å². The first-order valence-corrected chi connectivity index (χ1v) is 10.9. The van der Waals surface area contributed by atoms with Crippen LogP contribution in [0.2, 0.25) is 0 Å². The van der Waals surface area contributed by atoms with Gasteiger partial charge in [0.05, 0.1) is 19.1 Å². The van der Waals surface area contributed by atoms with Crippen molar-refractivity contribution in [3.8, 4) is 11.5 Å². The lowest BCUT2D eigenvalue weighted by molar-refractivity contribution is -0.117. The Morgan fingerprint density at radius 1 is 1.21 bits per heavy atom. The van der Waals surface area contributed by atoms with Gasteiger partial charge >= 0.3 is 0 Å². The summed E-state index contributed by atoms with van der Waals surface area (Å²) in [6.07, 6.45) is 2.98. The molecule has 29 heavy (non-hydrogen) atoms. The summed E-state index contributed by atoms with van der Waals surface area (Å²) in [6, 6.07) is 12.5. The molecular formula is C21H26N2O5S. The highest BCUT2D eigenvalue weighted by molar-refractivity contribution is 7.92. The van der Waals surface area contributed by atoms with Crippen LogP contribution in [0.15, 0.2) is 61.2 Å². The van der Waals surface area contributed by atoms with Crippen molar-refractivity contribution in [2.75, 3.05) is 29.6 Å². The molecule has 8 heteroatoms. The van der Waals surface area contributed by atoms with Crippen LogP contribution < -0.4 is 19.1 Å². The fraction of sp³-hybridized carbons (Fsp3) is 0.286. The van der Waals surface area contributed by atoms with E-state index in [1.807, 2.05) is 0 Å². The molecule has 0 fully saturated rings. The van der Waals surface area contributed by atoms with Crippen LogP contribution in [0.1, 0.15) is 13.3 Å². The minimum atomic E-state index is -3.73. The highest BCUT2D eigenvalue weighted by atomic mass is 32.2. The number of hydrogen-bond acceptors (Lipinski definition) is 5. The van der Waals surface area contributed by atoms with Crippen LogP contribution in [0.5, 0.6) is 11.5 Å². The molecule has 0 aromatic heterocycles. The zero-order valence-electron chi connectivity index (χ0n) is 16.8. The summed E-state index contributed by atoms with van der Waals surface area (Å²) in [5.74, 6) is 0.628. The number of hydrogen-bond donors (Lipinski definition) is 1. The van der Waals surface area contributed by atoms with Gasteiger partial charge in [-0.05, 0) is 30.7 Å². The molecule has 0 saturated carbocycles. The largest absolute Gasteiger partial charge is 0.497 e. The summed E-state index contributed by atoms with van der Waals surface area (Å²) in [5.41, 5.74) is 0.867. The second-order valence-electron chi connectivity index (χ2n) is 6.30. The fourth-order valence-electron chi connectivity index (χ4n) is 2.85. The predicted octanol–water partition coefficient (Wildman–Crippen LogP) is 3.44. The van der Waals surface area contributed by atoms with E-state index >= 15 is 0 Å². The van der Waals surface area contributed by atoms with Crippen molar-refractivity contribution in [1.29, 1.82) is 0 Å². The Bertz CT molecular complexity index is 959. The molecule has 1 atom stereocenters. The molecule has 0 aliphatic heterocycles. The average Bonchev–Trinajstić information content (AvgIpc) is 2.69. The summed E-state index contributed by atoms with van der Waals surface area (Å²) >= 11 is 0. The number of carbonyl (C=O) groups is 1. The number of anilines is 2. The average molecular weight is 419 g/mol. The summed E-state index contributed by atoms with van der Waals surface area (Å²) in [6.45, 7) is 5.69. The molecule has 7 nitrogen and oxygen atoms in total. The Morgan fingerprint density at radius 2 is 1.90 bits per heavy atom. The fourth-order valence-corrected chi connectivity index (χ4v) is 4.06. The van der Waals surface area contributed by atoms with Crippen molar-refractivity contribution in [3.63, 3.8) is 0 Å². The van der Waals surface area contributed by atoms with Gasteiger partial charge in [0.1, 0.15) is 24.1 Å². The second-order valence-corrected chi connectivity index (χ2v) is 8.16. The standard InChI is InChI=1S/C21H26N2O5S/c1-5-13-28-19-12-7-9-16(14-19)22-21(24)20(6-2)23(29(4,25)26)17-10-8-11-18(15-17)27-3/h5,7-12,14-15,20H,1,6,13H2,2-4H3,(H,22,24)/t20-/m0/s1. The van der Waals surface area contributed by atoms with Crippen LogP contribution in [-0.2, 0) is 14.8 Å². The topological polar surface area (TPSA) is 84.9 Å². The van der Waals surface area contributed by atoms with Gasteiger partial charge in [-0.3, -0.25) is 9.10 Å². The number of methoxy groups -OCH3 is 1. The lowest BCUT2D eigenvalue weighted by Gasteiger charge is -2.30. The smallest absolute Gasteiger partial charge is 0.248 e. The van der Waals surface area contributed by atoms with E-state index in [-0.39, 0.29) is 6.42 Å². The molecule has 2 aromatic carbocycles. The van der Waals surface area contributed by atoms with Crippen LogP contribution in [-0.4, -0.2) is 40.3 Å². The van der Waals surface area contributed by atoms with Gasteiger partial charge in [0.15, 0.2) is 0 Å². The van der Waals surface area contributed by atoms with E-state index in [1.165, 1.54) is 7.11 Å². The van der Waals surface area contributed by atoms with Crippen LogP contribution in [0.4, 0.5) is 11.4 Å². The Hall–Kier alpha value is -3.00. The first-order valence-electron chi connectivity index (χ1n) is 9.08. The van der Waals surface area contributed by atoms with E-state index in [2.05, 4.69) is 11.9 Å². The van der Waals surface area contributed by atoms with E-state index < -0.39 is 22.0 Å². The molecule has 0 aliphatic rings. The molecule has 1 amide bonds. The number of benzene rings is 2.